The Labute approximate surface area is 105 Å². The molecule has 0 radical (unpaired) electrons. The van der Waals surface area contributed by atoms with Gasteiger partial charge in [0.25, 0.3) is 0 Å². The molecule has 98 valence electrons. The van der Waals surface area contributed by atoms with Gasteiger partial charge in [-0.25, -0.2) is 4.79 Å². The summed E-state index contributed by atoms with van der Waals surface area (Å²) in [6.07, 6.45) is 4.15. The number of hydrogen-bond donors (Lipinski definition) is 0. The van der Waals surface area contributed by atoms with Gasteiger partial charge in [0.05, 0.1) is 6.04 Å². The quantitative estimate of drug-likeness (QED) is 0.643. The SMILES string of the molecule is C/C=C/C1CN(C(C)(C)C)C(=O)N1C(C)(C)C. The molecular formula is C14H26N2O. The maximum atomic E-state index is 12.5. The van der Waals surface area contributed by atoms with Crippen LogP contribution < -0.4 is 0 Å². The minimum Gasteiger partial charge on any atom is -0.317 e. The van der Waals surface area contributed by atoms with E-state index in [1.54, 1.807) is 0 Å². The smallest absolute Gasteiger partial charge is 0.317 e. The highest BCUT2D eigenvalue weighted by molar-refractivity contribution is 5.79. The molecule has 0 saturated carbocycles. The molecule has 1 rings (SSSR count). The zero-order chi connectivity index (χ0) is 13.4. The second-order valence-corrected chi connectivity index (χ2v) is 6.70. The van der Waals surface area contributed by atoms with Gasteiger partial charge in [0, 0.05) is 17.6 Å². The van der Waals surface area contributed by atoms with Gasteiger partial charge in [-0.15, -0.1) is 0 Å². The van der Waals surface area contributed by atoms with Crippen molar-refractivity contribution in [2.75, 3.05) is 6.54 Å². The Morgan fingerprint density at radius 1 is 1.12 bits per heavy atom. The summed E-state index contributed by atoms with van der Waals surface area (Å²) < 4.78 is 0. The van der Waals surface area contributed by atoms with E-state index in [1.165, 1.54) is 0 Å². The summed E-state index contributed by atoms with van der Waals surface area (Å²) in [6.45, 7) is 15.3. The van der Waals surface area contributed by atoms with Crippen molar-refractivity contribution in [3.63, 3.8) is 0 Å². The predicted molar refractivity (Wildman–Crippen MR) is 72.0 cm³/mol. The van der Waals surface area contributed by atoms with Gasteiger partial charge in [-0.3, -0.25) is 0 Å². The Hall–Kier alpha value is -0.990. The molecule has 1 aliphatic heterocycles. The Balaban J connectivity index is 3.07. The van der Waals surface area contributed by atoms with Crippen LogP contribution in [0.15, 0.2) is 12.2 Å². The third kappa shape index (κ3) is 2.82. The average Bonchev–Trinajstić information content (AvgIpc) is 2.41. The van der Waals surface area contributed by atoms with E-state index < -0.39 is 0 Å². The van der Waals surface area contributed by atoms with Crippen LogP contribution in [0, 0.1) is 0 Å². The van der Waals surface area contributed by atoms with Gasteiger partial charge in [-0.1, -0.05) is 12.2 Å². The Morgan fingerprint density at radius 3 is 2.00 bits per heavy atom. The van der Waals surface area contributed by atoms with Crippen LogP contribution in [0.1, 0.15) is 48.5 Å². The lowest BCUT2D eigenvalue weighted by Crippen LogP contribution is -2.50. The lowest BCUT2D eigenvalue weighted by molar-refractivity contribution is 0.128. The molecule has 1 aliphatic rings. The van der Waals surface area contributed by atoms with E-state index in [1.807, 2.05) is 22.8 Å². The molecule has 1 atom stereocenters. The molecular weight excluding hydrogens is 212 g/mol. The number of carbonyl (C=O) groups is 1. The van der Waals surface area contributed by atoms with Crippen LogP contribution in [0.4, 0.5) is 4.79 Å². The zero-order valence-corrected chi connectivity index (χ0v) is 12.2. The second-order valence-electron chi connectivity index (χ2n) is 6.70. The van der Waals surface area contributed by atoms with Crippen LogP contribution in [-0.2, 0) is 0 Å². The first-order chi connectivity index (χ1) is 7.59. The molecule has 1 unspecified atom stereocenters. The lowest BCUT2D eigenvalue weighted by Gasteiger charge is -2.36. The molecule has 0 aromatic carbocycles. The molecule has 3 nitrogen and oxygen atoms in total. The molecule has 1 heterocycles. The first-order valence-corrected chi connectivity index (χ1v) is 6.33. The standard InChI is InChI=1S/C14H26N2O/c1-8-9-11-10-15(13(2,3)4)12(17)16(11)14(5,6)7/h8-9,11H,10H2,1-7H3/b9-8+. The molecule has 1 saturated heterocycles. The number of amides is 2. The Morgan fingerprint density at radius 2 is 1.65 bits per heavy atom. The summed E-state index contributed by atoms with van der Waals surface area (Å²) in [7, 11) is 0. The molecule has 2 amide bonds. The number of nitrogens with zero attached hydrogens (tertiary/aromatic N) is 2. The van der Waals surface area contributed by atoms with Crippen molar-refractivity contribution < 1.29 is 4.79 Å². The summed E-state index contributed by atoms with van der Waals surface area (Å²) in [4.78, 5) is 16.4. The summed E-state index contributed by atoms with van der Waals surface area (Å²) in [5.41, 5.74) is -0.252. The molecule has 0 aliphatic carbocycles. The highest BCUT2D eigenvalue weighted by Gasteiger charge is 2.45. The lowest BCUT2D eigenvalue weighted by atomic mass is 10.0. The van der Waals surface area contributed by atoms with Gasteiger partial charge in [-0.2, -0.15) is 0 Å². The maximum absolute atomic E-state index is 12.5. The van der Waals surface area contributed by atoms with Crippen molar-refractivity contribution in [1.29, 1.82) is 0 Å². The Kier molecular flexibility index (Phi) is 3.60. The fraction of sp³-hybridized carbons (Fsp3) is 0.786. The number of hydrogen-bond acceptors (Lipinski definition) is 1. The molecule has 0 aromatic rings. The normalized spacial score (nSPS) is 23.0. The average molecular weight is 238 g/mol. The highest BCUT2D eigenvalue weighted by atomic mass is 16.2. The fourth-order valence-electron chi connectivity index (χ4n) is 2.33. The van der Waals surface area contributed by atoms with Crippen LogP contribution in [-0.4, -0.2) is 39.5 Å². The molecule has 0 aromatic heterocycles. The molecule has 17 heavy (non-hydrogen) atoms. The Bertz CT molecular complexity index is 320. The molecule has 1 fully saturated rings. The predicted octanol–water partition coefficient (Wildman–Crippen LogP) is 3.27. The monoisotopic (exact) mass is 238 g/mol. The van der Waals surface area contributed by atoms with Gasteiger partial charge >= 0.3 is 6.03 Å². The van der Waals surface area contributed by atoms with Crippen molar-refractivity contribution in [3.8, 4) is 0 Å². The van der Waals surface area contributed by atoms with Crippen LogP contribution in [0.5, 0.6) is 0 Å². The highest BCUT2D eigenvalue weighted by Crippen LogP contribution is 2.30. The van der Waals surface area contributed by atoms with Crippen molar-refractivity contribution in [2.24, 2.45) is 0 Å². The van der Waals surface area contributed by atoms with Gasteiger partial charge in [0.15, 0.2) is 0 Å². The first kappa shape index (κ1) is 14.1. The number of allylic oxidation sites excluding steroid dienone is 1. The third-order valence-electron chi connectivity index (χ3n) is 3.09. The number of urea groups is 1. The van der Waals surface area contributed by atoms with Crippen LogP contribution >= 0.6 is 0 Å². The molecule has 0 spiro atoms. The van der Waals surface area contributed by atoms with Crippen molar-refractivity contribution in [3.05, 3.63) is 12.2 Å². The summed E-state index contributed by atoms with van der Waals surface area (Å²) >= 11 is 0. The minimum atomic E-state index is -0.138. The van der Waals surface area contributed by atoms with Crippen molar-refractivity contribution in [2.45, 2.75) is 65.6 Å². The minimum absolute atomic E-state index is 0.114. The van der Waals surface area contributed by atoms with Crippen LogP contribution in [0.2, 0.25) is 0 Å². The van der Waals surface area contributed by atoms with E-state index in [4.69, 9.17) is 0 Å². The van der Waals surface area contributed by atoms with Gasteiger partial charge in [-0.05, 0) is 48.5 Å². The number of carbonyl (C=O) groups excluding carboxylic acids is 1. The van der Waals surface area contributed by atoms with Crippen LogP contribution in [0.3, 0.4) is 0 Å². The summed E-state index contributed by atoms with van der Waals surface area (Å²) in [6, 6.07) is 0.333. The first-order valence-electron chi connectivity index (χ1n) is 6.33. The van der Waals surface area contributed by atoms with Crippen LogP contribution in [0.25, 0.3) is 0 Å². The molecule has 0 N–H and O–H groups in total. The largest absolute Gasteiger partial charge is 0.321 e. The van der Waals surface area contributed by atoms with Crippen molar-refractivity contribution >= 4 is 6.03 Å². The molecule has 0 bridgehead atoms. The third-order valence-corrected chi connectivity index (χ3v) is 3.09. The maximum Gasteiger partial charge on any atom is 0.321 e. The van der Waals surface area contributed by atoms with Gasteiger partial charge in [0.1, 0.15) is 0 Å². The summed E-state index contributed by atoms with van der Waals surface area (Å²) in [5.74, 6) is 0. The molecule has 3 heteroatoms. The van der Waals surface area contributed by atoms with E-state index in [0.717, 1.165) is 6.54 Å². The topological polar surface area (TPSA) is 23.6 Å². The van der Waals surface area contributed by atoms with E-state index in [9.17, 15) is 4.79 Å². The van der Waals surface area contributed by atoms with Gasteiger partial charge < -0.3 is 9.80 Å². The van der Waals surface area contributed by atoms with E-state index in [0.29, 0.717) is 0 Å². The van der Waals surface area contributed by atoms with E-state index in [-0.39, 0.29) is 23.2 Å². The van der Waals surface area contributed by atoms with E-state index in [2.05, 4.69) is 47.6 Å². The fourth-order valence-corrected chi connectivity index (χ4v) is 2.33. The number of rotatable bonds is 1. The zero-order valence-electron chi connectivity index (χ0n) is 12.2. The van der Waals surface area contributed by atoms with E-state index >= 15 is 0 Å². The summed E-state index contributed by atoms with van der Waals surface area (Å²) in [5, 5.41) is 0. The second kappa shape index (κ2) is 4.35. The van der Waals surface area contributed by atoms with Crippen molar-refractivity contribution in [1.82, 2.24) is 9.80 Å². The van der Waals surface area contributed by atoms with Gasteiger partial charge in [0.2, 0.25) is 0 Å².